The van der Waals surface area contributed by atoms with E-state index in [1.54, 1.807) is 13.0 Å². The van der Waals surface area contributed by atoms with E-state index < -0.39 is 23.4 Å². The van der Waals surface area contributed by atoms with Gasteiger partial charge in [-0.25, -0.2) is 4.79 Å². The van der Waals surface area contributed by atoms with E-state index in [0.717, 1.165) is 12.8 Å². The molecule has 1 saturated carbocycles. The van der Waals surface area contributed by atoms with Gasteiger partial charge >= 0.3 is 5.63 Å². The molecule has 1 aromatic heterocycles. The molecule has 0 bridgehead atoms. The Hall–Kier alpha value is -1.33. The normalized spacial score (nSPS) is 34.4. The maximum absolute atomic E-state index is 11.8. The molecule has 0 saturated heterocycles. The van der Waals surface area contributed by atoms with Crippen molar-refractivity contribution >= 4 is 0 Å². The van der Waals surface area contributed by atoms with Gasteiger partial charge in [0.25, 0.3) is 0 Å². The van der Waals surface area contributed by atoms with E-state index in [2.05, 4.69) is 0 Å². The van der Waals surface area contributed by atoms with Crippen LogP contribution in [0, 0.1) is 6.92 Å². The monoisotopic (exact) mass is 252 g/mol. The highest BCUT2D eigenvalue weighted by atomic mass is 16.5. The Morgan fingerprint density at radius 1 is 1.44 bits per heavy atom. The minimum atomic E-state index is -1.37. The van der Waals surface area contributed by atoms with Gasteiger partial charge in [-0.15, -0.1) is 0 Å². The number of aryl methyl sites for hydroxylation is 1. The molecule has 18 heavy (non-hydrogen) atoms. The number of ether oxygens (including phenoxy) is 1. The molecule has 5 nitrogen and oxygen atoms in total. The van der Waals surface area contributed by atoms with Gasteiger partial charge in [0, 0.05) is 6.07 Å². The Labute approximate surface area is 104 Å². The fourth-order valence-electron chi connectivity index (χ4n) is 2.96. The van der Waals surface area contributed by atoms with Gasteiger partial charge in [0.1, 0.15) is 34.9 Å². The predicted molar refractivity (Wildman–Crippen MR) is 62.5 cm³/mol. The summed E-state index contributed by atoms with van der Waals surface area (Å²) in [6.07, 6.45) is 1.21. The van der Waals surface area contributed by atoms with Crippen molar-refractivity contribution in [2.75, 3.05) is 0 Å². The summed E-state index contributed by atoms with van der Waals surface area (Å²) in [5.74, 6) is 0.778. The number of hydrogen-bond donors (Lipinski definition) is 2. The van der Waals surface area contributed by atoms with Gasteiger partial charge in [-0.3, -0.25) is 0 Å². The lowest BCUT2D eigenvalue weighted by atomic mass is 9.74. The van der Waals surface area contributed by atoms with E-state index in [9.17, 15) is 15.0 Å². The van der Waals surface area contributed by atoms with Crippen LogP contribution in [-0.2, 0) is 0 Å². The van der Waals surface area contributed by atoms with E-state index in [1.807, 2.05) is 0 Å². The molecule has 1 fully saturated rings. The summed E-state index contributed by atoms with van der Waals surface area (Å²) in [4.78, 5) is 11.8. The van der Waals surface area contributed by atoms with Crippen molar-refractivity contribution in [1.82, 2.24) is 0 Å². The molecule has 2 heterocycles. The molecular formula is C13H16O5. The summed E-state index contributed by atoms with van der Waals surface area (Å²) < 4.78 is 10.7. The average Bonchev–Trinajstić information content (AvgIpc) is 2.30. The molecule has 3 rings (SSSR count). The maximum atomic E-state index is 11.8. The van der Waals surface area contributed by atoms with Crippen LogP contribution in [0.2, 0.25) is 0 Å². The minimum absolute atomic E-state index is 0.0428. The number of aliphatic hydroxyl groups excluding tert-OH is 1. The molecule has 0 radical (unpaired) electrons. The van der Waals surface area contributed by atoms with Crippen molar-refractivity contribution < 1.29 is 19.4 Å². The first-order valence-corrected chi connectivity index (χ1v) is 6.24. The number of rotatable bonds is 0. The average molecular weight is 252 g/mol. The fraction of sp³-hybridized carbons (Fsp3) is 0.615. The van der Waals surface area contributed by atoms with Crippen LogP contribution in [0.25, 0.3) is 0 Å². The van der Waals surface area contributed by atoms with Crippen molar-refractivity contribution in [3.8, 4) is 5.75 Å². The van der Waals surface area contributed by atoms with Gasteiger partial charge in [0.2, 0.25) is 0 Å². The maximum Gasteiger partial charge on any atom is 0.345 e. The van der Waals surface area contributed by atoms with E-state index in [1.165, 1.54) is 0 Å². The minimum Gasteiger partial charge on any atom is -0.487 e. The fourth-order valence-corrected chi connectivity index (χ4v) is 2.96. The second-order valence-electron chi connectivity index (χ2n) is 5.17. The Kier molecular flexibility index (Phi) is 2.50. The zero-order valence-electron chi connectivity index (χ0n) is 10.2. The molecule has 3 atom stereocenters. The zero-order valence-corrected chi connectivity index (χ0v) is 10.2. The van der Waals surface area contributed by atoms with Gasteiger partial charge in [0.05, 0.1) is 0 Å². The molecule has 1 aliphatic heterocycles. The van der Waals surface area contributed by atoms with Gasteiger partial charge in [-0.05, 0) is 26.2 Å². The van der Waals surface area contributed by atoms with E-state index in [4.69, 9.17) is 9.15 Å². The van der Waals surface area contributed by atoms with Crippen LogP contribution in [-0.4, -0.2) is 21.9 Å². The molecule has 1 aliphatic carbocycles. The molecule has 0 unspecified atom stereocenters. The molecule has 98 valence electrons. The Bertz CT molecular complexity index is 535. The lowest BCUT2D eigenvalue weighted by Gasteiger charge is -2.46. The predicted octanol–water partition coefficient (Wildman–Crippen LogP) is 1.05. The summed E-state index contributed by atoms with van der Waals surface area (Å²) in [5.41, 5.74) is -1.95. The smallest absolute Gasteiger partial charge is 0.345 e. The third-order valence-corrected chi connectivity index (χ3v) is 3.94. The molecule has 2 N–H and O–H groups in total. The van der Waals surface area contributed by atoms with Crippen LogP contribution in [0.4, 0.5) is 0 Å². The SMILES string of the molecule is Cc1cc2c(c(=O)o1)[C@@H](O)[C@]1(O)CCCC[C@@H]1O2. The van der Waals surface area contributed by atoms with Gasteiger partial charge < -0.3 is 19.4 Å². The highest BCUT2D eigenvalue weighted by molar-refractivity contribution is 5.38. The van der Waals surface area contributed by atoms with Gasteiger partial charge in [-0.1, -0.05) is 6.42 Å². The topological polar surface area (TPSA) is 79.9 Å². The highest BCUT2D eigenvalue weighted by Gasteiger charge is 2.52. The molecule has 1 aromatic rings. The van der Waals surface area contributed by atoms with Crippen LogP contribution in [0.1, 0.15) is 43.1 Å². The largest absolute Gasteiger partial charge is 0.487 e. The summed E-state index contributed by atoms with van der Waals surface area (Å²) in [5, 5.41) is 20.8. The van der Waals surface area contributed by atoms with Crippen molar-refractivity contribution in [3.05, 3.63) is 27.8 Å². The van der Waals surface area contributed by atoms with Crippen molar-refractivity contribution in [2.24, 2.45) is 0 Å². The molecule has 0 amide bonds. The molecule has 0 spiro atoms. The Morgan fingerprint density at radius 2 is 2.22 bits per heavy atom. The van der Waals surface area contributed by atoms with Gasteiger partial charge in [0.15, 0.2) is 0 Å². The summed E-state index contributed by atoms with van der Waals surface area (Å²) in [7, 11) is 0. The first-order chi connectivity index (χ1) is 8.52. The summed E-state index contributed by atoms with van der Waals surface area (Å²) in [6.45, 7) is 1.65. The summed E-state index contributed by atoms with van der Waals surface area (Å²) >= 11 is 0. The third-order valence-electron chi connectivity index (χ3n) is 3.94. The second-order valence-corrected chi connectivity index (χ2v) is 5.17. The van der Waals surface area contributed by atoms with Crippen LogP contribution < -0.4 is 10.4 Å². The van der Waals surface area contributed by atoms with Crippen LogP contribution in [0.5, 0.6) is 5.75 Å². The lowest BCUT2D eigenvalue weighted by molar-refractivity contribution is -0.172. The van der Waals surface area contributed by atoms with Gasteiger partial charge in [-0.2, -0.15) is 0 Å². The number of hydrogen-bond acceptors (Lipinski definition) is 5. The number of aliphatic hydroxyl groups is 2. The quantitative estimate of drug-likeness (QED) is 0.721. The van der Waals surface area contributed by atoms with Crippen LogP contribution in [0.3, 0.4) is 0 Å². The Balaban J connectivity index is 2.15. The van der Waals surface area contributed by atoms with Crippen molar-refractivity contribution in [2.45, 2.75) is 50.4 Å². The zero-order chi connectivity index (χ0) is 12.9. The first kappa shape index (κ1) is 11.7. The van der Waals surface area contributed by atoms with E-state index in [0.29, 0.717) is 24.4 Å². The molecule has 5 heteroatoms. The second kappa shape index (κ2) is 3.83. The van der Waals surface area contributed by atoms with Crippen LogP contribution >= 0.6 is 0 Å². The standard InChI is InChI=1S/C13H16O5/c1-7-6-8-10(12(15)17-7)11(14)13(16)5-3-2-4-9(13)18-8/h6,9,11,14,16H,2-5H2,1H3/t9-,11+,13-/m0/s1. The van der Waals surface area contributed by atoms with E-state index >= 15 is 0 Å². The number of fused-ring (bicyclic) bond motifs is 2. The molecule has 0 aromatic carbocycles. The lowest BCUT2D eigenvalue weighted by Crippen LogP contribution is -2.56. The van der Waals surface area contributed by atoms with Crippen molar-refractivity contribution in [1.29, 1.82) is 0 Å². The van der Waals surface area contributed by atoms with E-state index in [-0.39, 0.29) is 5.56 Å². The van der Waals surface area contributed by atoms with Crippen LogP contribution in [0.15, 0.2) is 15.3 Å². The Morgan fingerprint density at radius 3 is 3.00 bits per heavy atom. The molecule has 2 aliphatic rings. The first-order valence-electron chi connectivity index (χ1n) is 6.24. The summed E-state index contributed by atoms with van der Waals surface area (Å²) in [6, 6.07) is 1.59. The third kappa shape index (κ3) is 1.51. The molecular weight excluding hydrogens is 236 g/mol. The van der Waals surface area contributed by atoms with Crippen molar-refractivity contribution in [3.63, 3.8) is 0 Å². The highest BCUT2D eigenvalue weighted by Crippen LogP contribution is 2.46.